The molecule has 5 nitrogen and oxygen atoms in total. The minimum absolute atomic E-state index is 0.0108. The Morgan fingerprint density at radius 1 is 1.39 bits per heavy atom. The van der Waals surface area contributed by atoms with Crippen LogP contribution in [0.15, 0.2) is 34.9 Å². The van der Waals surface area contributed by atoms with Crippen molar-refractivity contribution in [2.45, 2.75) is 0 Å². The van der Waals surface area contributed by atoms with Gasteiger partial charge in [0, 0.05) is 11.8 Å². The van der Waals surface area contributed by atoms with Gasteiger partial charge in [0.25, 0.3) is 5.91 Å². The second-order valence-electron chi connectivity index (χ2n) is 3.33. The third-order valence-corrected chi connectivity index (χ3v) is 2.93. The van der Waals surface area contributed by atoms with Gasteiger partial charge >= 0.3 is 0 Å². The predicted octanol–water partition coefficient (Wildman–Crippen LogP) is 2.85. The Bertz CT molecular complexity index is 607. The molecular formula is C11H7BrClN3O2. The van der Waals surface area contributed by atoms with Crippen molar-refractivity contribution in [2.24, 2.45) is 0 Å². The van der Waals surface area contributed by atoms with Crippen LogP contribution in [0, 0.1) is 0 Å². The summed E-state index contributed by atoms with van der Waals surface area (Å²) in [6.07, 6.45) is 1.43. The van der Waals surface area contributed by atoms with Gasteiger partial charge in [-0.05, 0) is 51.8 Å². The second-order valence-corrected chi connectivity index (χ2v) is 4.52. The van der Waals surface area contributed by atoms with Crippen LogP contribution in [0.25, 0.3) is 0 Å². The number of halogens is 2. The van der Waals surface area contributed by atoms with Crippen LogP contribution in [0.5, 0.6) is 5.75 Å². The molecule has 92 valence electrons. The highest BCUT2D eigenvalue weighted by molar-refractivity contribution is 9.10. The molecule has 18 heavy (non-hydrogen) atoms. The first kappa shape index (κ1) is 12.8. The van der Waals surface area contributed by atoms with E-state index in [1.165, 1.54) is 18.3 Å². The largest absolute Gasteiger partial charge is 0.507 e. The SMILES string of the molecule is O=C(Nc1ccnc(Cl)n1)c1ccc(Br)c(O)c1. The third kappa shape index (κ3) is 2.96. The van der Waals surface area contributed by atoms with Crippen LogP contribution in [0.4, 0.5) is 5.82 Å². The fourth-order valence-electron chi connectivity index (χ4n) is 1.25. The Morgan fingerprint density at radius 2 is 2.17 bits per heavy atom. The monoisotopic (exact) mass is 327 g/mol. The minimum Gasteiger partial charge on any atom is -0.507 e. The van der Waals surface area contributed by atoms with Crippen molar-refractivity contribution in [3.63, 3.8) is 0 Å². The third-order valence-electron chi connectivity index (χ3n) is 2.08. The van der Waals surface area contributed by atoms with Crippen LogP contribution in [0.3, 0.4) is 0 Å². The standard InChI is InChI=1S/C11H7BrClN3O2/c12-7-2-1-6(5-8(7)17)10(18)15-9-3-4-14-11(13)16-9/h1-5,17H,(H,14,15,16,18). The topological polar surface area (TPSA) is 75.1 Å². The molecule has 0 aliphatic rings. The number of hydrogen-bond acceptors (Lipinski definition) is 4. The molecule has 0 fully saturated rings. The maximum absolute atomic E-state index is 11.8. The zero-order chi connectivity index (χ0) is 13.1. The Hall–Kier alpha value is -1.66. The first-order valence-corrected chi connectivity index (χ1v) is 6.02. The average molecular weight is 329 g/mol. The van der Waals surface area contributed by atoms with Crippen LogP contribution in [-0.2, 0) is 0 Å². The summed E-state index contributed by atoms with van der Waals surface area (Å²) in [5.41, 5.74) is 0.311. The molecule has 0 aliphatic heterocycles. The van der Waals surface area contributed by atoms with Gasteiger partial charge in [0.1, 0.15) is 11.6 Å². The van der Waals surface area contributed by atoms with Gasteiger partial charge in [0.05, 0.1) is 4.47 Å². The van der Waals surface area contributed by atoms with E-state index in [0.29, 0.717) is 15.9 Å². The minimum atomic E-state index is -0.396. The number of rotatable bonds is 2. The van der Waals surface area contributed by atoms with Gasteiger partial charge < -0.3 is 10.4 Å². The van der Waals surface area contributed by atoms with Gasteiger partial charge in [-0.1, -0.05) is 0 Å². The highest BCUT2D eigenvalue weighted by Gasteiger charge is 2.09. The number of aromatic hydroxyl groups is 1. The number of carbonyl (C=O) groups is 1. The molecule has 2 rings (SSSR count). The predicted molar refractivity (Wildman–Crippen MR) is 70.8 cm³/mol. The van der Waals surface area contributed by atoms with Gasteiger partial charge in [0.15, 0.2) is 0 Å². The summed E-state index contributed by atoms with van der Waals surface area (Å²) in [7, 11) is 0. The highest BCUT2D eigenvalue weighted by atomic mass is 79.9. The summed E-state index contributed by atoms with van der Waals surface area (Å²) in [4.78, 5) is 19.4. The Balaban J connectivity index is 2.19. The van der Waals surface area contributed by atoms with Crippen molar-refractivity contribution < 1.29 is 9.90 Å². The molecule has 1 aromatic carbocycles. The van der Waals surface area contributed by atoms with Crippen molar-refractivity contribution in [3.05, 3.63) is 45.8 Å². The summed E-state index contributed by atoms with van der Waals surface area (Å²) in [6.45, 7) is 0. The number of phenolic OH excluding ortho intramolecular Hbond substituents is 1. The molecule has 0 aliphatic carbocycles. The van der Waals surface area contributed by atoms with Gasteiger partial charge in [-0.15, -0.1) is 0 Å². The van der Waals surface area contributed by atoms with Crippen molar-refractivity contribution in [3.8, 4) is 5.75 Å². The van der Waals surface area contributed by atoms with E-state index in [0.717, 1.165) is 0 Å². The molecule has 2 N–H and O–H groups in total. The number of benzene rings is 1. The van der Waals surface area contributed by atoms with Crippen LogP contribution >= 0.6 is 27.5 Å². The van der Waals surface area contributed by atoms with E-state index in [-0.39, 0.29) is 11.0 Å². The first-order valence-electron chi connectivity index (χ1n) is 4.84. The molecule has 0 bridgehead atoms. The quantitative estimate of drug-likeness (QED) is 0.831. The van der Waals surface area contributed by atoms with E-state index < -0.39 is 5.91 Å². The summed E-state index contributed by atoms with van der Waals surface area (Å²) >= 11 is 8.74. The van der Waals surface area contributed by atoms with Gasteiger partial charge in [0.2, 0.25) is 5.28 Å². The lowest BCUT2D eigenvalue weighted by Crippen LogP contribution is -2.13. The van der Waals surface area contributed by atoms with Crippen molar-refractivity contribution >= 4 is 39.3 Å². The summed E-state index contributed by atoms with van der Waals surface area (Å²) in [5.74, 6) is -0.113. The zero-order valence-electron chi connectivity index (χ0n) is 8.89. The lowest BCUT2D eigenvalue weighted by Gasteiger charge is -2.05. The van der Waals surface area contributed by atoms with E-state index >= 15 is 0 Å². The van der Waals surface area contributed by atoms with Crippen LogP contribution in [0.1, 0.15) is 10.4 Å². The number of hydrogen-bond donors (Lipinski definition) is 2. The van der Waals surface area contributed by atoms with Gasteiger partial charge in [-0.2, -0.15) is 0 Å². The maximum atomic E-state index is 11.8. The molecule has 0 saturated heterocycles. The first-order chi connectivity index (χ1) is 8.56. The van der Waals surface area contributed by atoms with E-state index in [9.17, 15) is 9.90 Å². The Kier molecular flexibility index (Phi) is 3.78. The van der Waals surface area contributed by atoms with E-state index in [4.69, 9.17) is 11.6 Å². The van der Waals surface area contributed by atoms with Crippen molar-refractivity contribution in [2.75, 3.05) is 5.32 Å². The van der Waals surface area contributed by atoms with Crippen LogP contribution in [0.2, 0.25) is 5.28 Å². The lowest BCUT2D eigenvalue weighted by atomic mass is 10.2. The number of aromatic nitrogens is 2. The van der Waals surface area contributed by atoms with Gasteiger partial charge in [-0.3, -0.25) is 4.79 Å². The van der Waals surface area contributed by atoms with E-state index in [2.05, 4.69) is 31.2 Å². The zero-order valence-corrected chi connectivity index (χ0v) is 11.2. The van der Waals surface area contributed by atoms with Crippen molar-refractivity contribution in [1.82, 2.24) is 9.97 Å². The van der Waals surface area contributed by atoms with Crippen LogP contribution < -0.4 is 5.32 Å². The number of nitrogens with zero attached hydrogens (tertiary/aromatic N) is 2. The van der Waals surface area contributed by atoms with Crippen molar-refractivity contribution in [1.29, 1.82) is 0 Å². The average Bonchev–Trinajstić information content (AvgIpc) is 2.32. The fourth-order valence-corrected chi connectivity index (χ4v) is 1.64. The second kappa shape index (κ2) is 5.32. The summed E-state index contributed by atoms with van der Waals surface area (Å²) in [5, 5.41) is 12.1. The smallest absolute Gasteiger partial charge is 0.256 e. The van der Waals surface area contributed by atoms with Gasteiger partial charge in [-0.25, -0.2) is 9.97 Å². The number of amides is 1. The molecule has 1 amide bonds. The molecule has 0 saturated carbocycles. The Labute approximate surface area is 116 Å². The Morgan fingerprint density at radius 3 is 2.83 bits per heavy atom. The number of carbonyl (C=O) groups excluding carboxylic acids is 1. The molecule has 0 atom stereocenters. The molecule has 1 aromatic heterocycles. The summed E-state index contributed by atoms with van der Waals surface area (Å²) in [6, 6.07) is 6.02. The van der Waals surface area contributed by atoms with Crippen LogP contribution in [-0.4, -0.2) is 21.0 Å². The summed E-state index contributed by atoms with van der Waals surface area (Å²) < 4.78 is 0.518. The molecule has 7 heteroatoms. The fraction of sp³-hybridized carbons (Fsp3) is 0. The molecule has 0 unspecified atom stereocenters. The lowest BCUT2D eigenvalue weighted by molar-refractivity contribution is 0.102. The number of anilines is 1. The molecule has 0 radical (unpaired) electrons. The number of phenols is 1. The molecule has 2 aromatic rings. The molecular weight excluding hydrogens is 321 g/mol. The molecule has 1 heterocycles. The normalized spacial score (nSPS) is 10.1. The van der Waals surface area contributed by atoms with E-state index in [1.54, 1.807) is 12.1 Å². The number of nitrogens with one attached hydrogen (secondary N) is 1. The molecule has 0 spiro atoms. The maximum Gasteiger partial charge on any atom is 0.256 e. The highest BCUT2D eigenvalue weighted by Crippen LogP contribution is 2.24. The van der Waals surface area contributed by atoms with E-state index in [1.807, 2.05) is 0 Å².